The predicted octanol–water partition coefficient (Wildman–Crippen LogP) is 3.51. The number of ether oxygens (including phenoxy) is 1. The molecule has 2 atom stereocenters. The van der Waals surface area contributed by atoms with Crippen molar-refractivity contribution in [3.8, 4) is 0 Å². The van der Waals surface area contributed by atoms with Crippen LogP contribution < -0.4 is 10.6 Å². The van der Waals surface area contributed by atoms with E-state index in [1.54, 1.807) is 15.7 Å². The molecule has 2 saturated heterocycles. The molecule has 39 heavy (non-hydrogen) atoms. The van der Waals surface area contributed by atoms with Crippen molar-refractivity contribution in [3.05, 3.63) is 35.8 Å². The molecule has 10 nitrogen and oxygen atoms in total. The summed E-state index contributed by atoms with van der Waals surface area (Å²) in [5.74, 6) is -2.52. The number of hydrogen-bond donors (Lipinski definition) is 3. The zero-order valence-electron chi connectivity index (χ0n) is 21.2. The molecule has 208 valence electrons. The van der Waals surface area contributed by atoms with E-state index >= 15 is 0 Å². The normalized spacial score (nSPS) is 25.4. The van der Waals surface area contributed by atoms with E-state index in [0.29, 0.717) is 68.4 Å². The molecule has 1 saturated carbocycles. The van der Waals surface area contributed by atoms with Crippen LogP contribution in [-0.2, 0) is 9.53 Å². The van der Waals surface area contributed by atoms with Crippen molar-refractivity contribution in [1.29, 1.82) is 0 Å². The first-order valence-electron chi connectivity index (χ1n) is 13.3. The van der Waals surface area contributed by atoms with Gasteiger partial charge in [-0.3, -0.25) is 9.36 Å². The van der Waals surface area contributed by atoms with E-state index in [1.807, 2.05) is 0 Å². The van der Waals surface area contributed by atoms with Crippen LogP contribution in [0.1, 0.15) is 44.6 Å². The first kappa shape index (κ1) is 25.8. The van der Waals surface area contributed by atoms with Gasteiger partial charge in [-0.25, -0.2) is 23.1 Å². The number of likely N-dealkylation sites (tertiary alicyclic amines) is 1. The third-order valence-corrected chi connectivity index (χ3v) is 7.83. The number of anilines is 3. The summed E-state index contributed by atoms with van der Waals surface area (Å²) < 4.78 is 49.5. The fourth-order valence-electron chi connectivity index (χ4n) is 5.76. The van der Waals surface area contributed by atoms with Crippen LogP contribution in [0.2, 0.25) is 0 Å². The topological polar surface area (TPSA) is 117 Å². The molecule has 3 fully saturated rings. The number of carbonyl (C=O) groups excluding carboxylic acids is 1. The van der Waals surface area contributed by atoms with Gasteiger partial charge in [-0.1, -0.05) is 0 Å². The summed E-state index contributed by atoms with van der Waals surface area (Å²) >= 11 is 0. The van der Waals surface area contributed by atoms with Crippen LogP contribution in [0.5, 0.6) is 0 Å². The number of fused-ring (bicyclic) bond motifs is 1. The Hall–Kier alpha value is -3.45. The lowest BCUT2D eigenvalue weighted by molar-refractivity contribution is -0.135. The van der Waals surface area contributed by atoms with Gasteiger partial charge in [-0.05, 0) is 38.5 Å². The number of nitrogens with one attached hydrogen (secondary N) is 2. The van der Waals surface area contributed by atoms with E-state index in [1.165, 1.54) is 0 Å². The van der Waals surface area contributed by atoms with Gasteiger partial charge in [0.25, 0.3) is 0 Å². The Morgan fingerprint density at radius 2 is 1.82 bits per heavy atom. The summed E-state index contributed by atoms with van der Waals surface area (Å²) in [5, 5.41) is 15.8. The molecule has 3 aromatic rings. The Kier molecular flexibility index (Phi) is 7.02. The Balaban J connectivity index is 1.20. The molecule has 2 aromatic heterocycles. The first-order valence-corrected chi connectivity index (χ1v) is 13.3. The second kappa shape index (κ2) is 10.6. The Bertz CT molecular complexity index is 1350. The SMILES string of the molecule is O=C(C1CCC(Nc2ncc3nc(Nc4c(F)cc(F)cc4F)n(C4CCOC4)c3n2)CC1)N1CCC(O)C1. The van der Waals surface area contributed by atoms with Gasteiger partial charge >= 0.3 is 0 Å². The number of aliphatic hydroxyl groups is 1. The quantitative estimate of drug-likeness (QED) is 0.431. The highest BCUT2D eigenvalue weighted by molar-refractivity contribution is 5.79. The minimum atomic E-state index is -1.07. The van der Waals surface area contributed by atoms with E-state index < -0.39 is 29.2 Å². The lowest BCUT2D eigenvalue weighted by Crippen LogP contribution is -2.38. The molecule has 2 unspecified atom stereocenters. The number of imidazole rings is 1. The number of rotatable bonds is 6. The van der Waals surface area contributed by atoms with Crippen molar-refractivity contribution in [2.75, 3.05) is 36.9 Å². The maximum Gasteiger partial charge on any atom is 0.225 e. The van der Waals surface area contributed by atoms with Crippen LogP contribution in [0.4, 0.5) is 30.8 Å². The smallest absolute Gasteiger partial charge is 0.225 e. The zero-order chi connectivity index (χ0) is 27.1. The van der Waals surface area contributed by atoms with Crippen molar-refractivity contribution in [3.63, 3.8) is 0 Å². The van der Waals surface area contributed by atoms with Crippen molar-refractivity contribution in [2.45, 2.75) is 56.7 Å². The molecule has 1 aromatic carbocycles. The predicted molar refractivity (Wildman–Crippen MR) is 136 cm³/mol. The average molecular weight is 546 g/mol. The van der Waals surface area contributed by atoms with E-state index in [2.05, 4.69) is 20.6 Å². The Morgan fingerprint density at radius 1 is 1.05 bits per heavy atom. The number of benzene rings is 1. The molecule has 4 heterocycles. The number of amides is 1. The Morgan fingerprint density at radius 3 is 2.49 bits per heavy atom. The van der Waals surface area contributed by atoms with Crippen LogP contribution in [0, 0.1) is 23.4 Å². The van der Waals surface area contributed by atoms with Gasteiger partial charge < -0.3 is 25.4 Å². The Labute approximate surface area is 222 Å². The highest BCUT2D eigenvalue weighted by atomic mass is 19.1. The number of aliphatic hydroxyl groups excluding tert-OH is 1. The number of halogens is 3. The van der Waals surface area contributed by atoms with Crippen LogP contribution in [0.3, 0.4) is 0 Å². The molecule has 3 N–H and O–H groups in total. The molecule has 0 radical (unpaired) electrons. The minimum Gasteiger partial charge on any atom is -0.391 e. The van der Waals surface area contributed by atoms with Gasteiger partial charge in [0.1, 0.15) is 17.0 Å². The number of β-amino-alcohol motifs (C(OH)–C–C–N with tert-alkyl or cyclic N) is 1. The van der Waals surface area contributed by atoms with Gasteiger partial charge in [0.05, 0.1) is 24.9 Å². The molecule has 13 heteroatoms. The molecule has 1 aliphatic carbocycles. The second-order valence-corrected chi connectivity index (χ2v) is 10.5. The van der Waals surface area contributed by atoms with Gasteiger partial charge in [0.2, 0.25) is 17.8 Å². The molecule has 6 rings (SSSR count). The maximum absolute atomic E-state index is 14.4. The summed E-state index contributed by atoms with van der Waals surface area (Å²) in [5.41, 5.74) is 0.401. The molecule has 0 spiro atoms. The summed E-state index contributed by atoms with van der Waals surface area (Å²) in [4.78, 5) is 28.1. The third kappa shape index (κ3) is 5.24. The van der Waals surface area contributed by atoms with Crippen LogP contribution >= 0.6 is 0 Å². The molecule has 3 aliphatic rings. The molecule has 2 aliphatic heterocycles. The van der Waals surface area contributed by atoms with Crippen LogP contribution in [-0.4, -0.2) is 73.9 Å². The number of carbonyl (C=O) groups is 1. The second-order valence-electron chi connectivity index (χ2n) is 10.5. The maximum atomic E-state index is 14.4. The van der Waals surface area contributed by atoms with E-state index in [4.69, 9.17) is 9.72 Å². The summed E-state index contributed by atoms with van der Waals surface area (Å²) in [6, 6.07) is 1.13. The highest BCUT2D eigenvalue weighted by Crippen LogP contribution is 2.33. The number of hydrogen-bond acceptors (Lipinski definition) is 8. The summed E-state index contributed by atoms with van der Waals surface area (Å²) in [6.45, 7) is 1.94. The van der Waals surface area contributed by atoms with Crippen molar-refractivity contribution < 1.29 is 27.8 Å². The van der Waals surface area contributed by atoms with Gasteiger partial charge in [0.15, 0.2) is 17.3 Å². The molecule has 0 bridgehead atoms. The molecular weight excluding hydrogens is 515 g/mol. The largest absolute Gasteiger partial charge is 0.391 e. The third-order valence-electron chi connectivity index (χ3n) is 7.83. The van der Waals surface area contributed by atoms with E-state index in [-0.39, 0.29) is 29.9 Å². The monoisotopic (exact) mass is 545 g/mol. The summed E-state index contributed by atoms with van der Waals surface area (Å²) in [7, 11) is 0. The van der Waals surface area contributed by atoms with Gasteiger partial charge in [-0.15, -0.1) is 0 Å². The lowest BCUT2D eigenvalue weighted by atomic mass is 9.85. The van der Waals surface area contributed by atoms with Crippen molar-refractivity contribution in [1.82, 2.24) is 24.4 Å². The fourth-order valence-corrected chi connectivity index (χ4v) is 5.76. The lowest BCUT2D eigenvalue weighted by Gasteiger charge is -2.30. The number of aromatic nitrogens is 4. The molecule has 1 amide bonds. The van der Waals surface area contributed by atoms with Gasteiger partial charge in [-0.2, -0.15) is 4.98 Å². The van der Waals surface area contributed by atoms with E-state index in [9.17, 15) is 23.1 Å². The van der Waals surface area contributed by atoms with Crippen LogP contribution in [0.15, 0.2) is 18.3 Å². The van der Waals surface area contributed by atoms with E-state index in [0.717, 1.165) is 25.7 Å². The van der Waals surface area contributed by atoms with Crippen molar-refractivity contribution in [2.24, 2.45) is 5.92 Å². The average Bonchev–Trinajstić information content (AvgIpc) is 3.66. The van der Waals surface area contributed by atoms with Crippen LogP contribution in [0.25, 0.3) is 11.2 Å². The number of nitrogens with zero attached hydrogens (tertiary/aromatic N) is 5. The van der Waals surface area contributed by atoms with Crippen molar-refractivity contribution >= 4 is 34.7 Å². The summed E-state index contributed by atoms with van der Waals surface area (Å²) in [6.07, 6.45) is 5.46. The fraction of sp³-hybridized carbons (Fsp3) is 0.538. The first-order chi connectivity index (χ1) is 18.9. The minimum absolute atomic E-state index is 0.0403. The van der Waals surface area contributed by atoms with Gasteiger partial charge in [0, 0.05) is 43.8 Å². The zero-order valence-corrected chi connectivity index (χ0v) is 21.2. The highest BCUT2D eigenvalue weighted by Gasteiger charge is 2.33. The standard InChI is InChI=1S/C26H30F3N7O3/c27-15-9-19(28)22(20(29)10-15)33-26-32-21-11-30-25(34-23(21)36(26)17-6-8-39-13-17)31-16-3-1-14(2-4-16)24(38)35-7-5-18(37)12-35/h9-11,14,16-18,37H,1-8,12-13H2,(H,32,33)(H,30,31,34). The molecular formula is C26H30F3N7O3.